The van der Waals surface area contributed by atoms with Crippen LogP contribution in [0, 0.1) is 11.8 Å². The zero-order valence-electron chi connectivity index (χ0n) is 12.9. The van der Waals surface area contributed by atoms with Crippen LogP contribution in [0.4, 0.5) is 4.79 Å². The second-order valence-corrected chi connectivity index (χ2v) is 4.94. The Morgan fingerprint density at radius 1 is 1.04 bits per heavy atom. The molecule has 0 fully saturated rings. The van der Waals surface area contributed by atoms with Gasteiger partial charge in [-0.15, -0.1) is 0 Å². The van der Waals surface area contributed by atoms with E-state index in [9.17, 15) is 4.79 Å². The summed E-state index contributed by atoms with van der Waals surface area (Å²) in [7, 11) is 0. The lowest BCUT2D eigenvalue weighted by molar-refractivity contribution is 0.140. The fourth-order valence-electron chi connectivity index (χ4n) is 1.89. The summed E-state index contributed by atoms with van der Waals surface area (Å²) in [4.78, 5) is 11.5. The van der Waals surface area contributed by atoms with E-state index in [-0.39, 0.29) is 6.61 Å². The molecule has 2 rings (SSSR count). The van der Waals surface area contributed by atoms with Gasteiger partial charge in [-0.1, -0.05) is 54.3 Å². The summed E-state index contributed by atoms with van der Waals surface area (Å²) in [6.07, 6.45) is 0.141. The molecule has 0 saturated heterocycles. The van der Waals surface area contributed by atoms with Gasteiger partial charge in [0.1, 0.15) is 6.61 Å². The van der Waals surface area contributed by atoms with Crippen LogP contribution in [0.2, 0.25) is 0 Å². The Balaban J connectivity index is 1.65. The lowest BCUT2D eigenvalue weighted by atomic mass is 10.1. The first-order valence-electron chi connectivity index (χ1n) is 7.50. The van der Waals surface area contributed by atoms with Gasteiger partial charge in [0.05, 0.1) is 0 Å². The van der Waals surface area contributed by atoms with Gasteiger partial charge in [-0.2, -0.15) is 0 Å². The Labute approximate surface area is 136 Å². The van der Waals surface area contributed by atoms with Crippen molar-refractivity contribution in [2.24, 2.45) is 5.73 Å². The van der Waals surface area contributed by atoms with Gasteiger partial charge in [-0.25, -0.2) is 4.79 Å². The average Bonchev–Trinajstić information content (AvgIpc) is 2.61. The maximum atomic E-state index is 11.5. The number of hydrogen-bond acceptors (Lipinski definition) is 3. The van der Waals surface area contributed by atoms with E-state index in [0.717, 1.165) is 16.7 Å². The lowest BCUT2D eigenvalue weighted by Crippen LogP contribution is -2.24. The lowest BCUT2D eigenvalue weighted by Gasteiger charge is -2.05. The Morgan fingerprint density at radius 3 is 2.48 bits per heavy atom. The second kappa shape index (κ2) is 9.29. The van der Waals surface area contributed by atoms with Crippen LogP contribution in [0.25, 0.3) is 0 Å². The minimum Gasteiger partial charge on any atom is -0.445 e. The number of carbonyl (C=O) groups is 1. The van der Waals surface area contributed by atoms with Crippen LogP contribution in [-0.4, -0.2) is 12.6 Å². The zero-order valence-corrected chi connectivity index (χ0v) is 12.9. The van der Waals surface area contributed by atoms with Gasteiger partial charge >= 0.3 is 6.09 Å². The highest BCUT2D eigenvalue weighted by molar-refractivity contribution is 5.67. The van der Waals surface area contributed by atoms with Crippen molar-refractivity contribution in [3.8, 4) is 11.8 Å². The number of rotatable bonds is 5. The second-order valence-electron chi connectivity index (χ2n) is 4.94. The average molecular weight is 308 g/mol. The van der Waals surface area contributed by atoms with E-state index < -0.39 is 6.09 Å². The largest absolute Gasteiger partial charge is 0.445 e. The minimum atomic E-state index is -0.428. The first-order valence-corrected chi connectivity index (χ1v) is 7.50. The number of hydrogen-bond donors (Lipinski definition) is 2. The van der Waals surface area contributed by atoms with Crippen molar-refractivity contribution in [2.75, 3.05) is 6.54 Å². The molecule has 0 aromatic heterocycles. The van der Waals surface area contributed by atoms with Crippen molar-refractivity contribution in [3.05, 3.63) is 71.3 Å². The Kier molecular flexibility index (Phi) is 6.70. The van der Waals surface area contributed by atoms with Crippen LogP contribution in [0.3, 0.4) is 0 Å². The smallest absolute Gasteiger partial charge is 0.407 e. The molecule has 2 aromatic rings. The molecule has 0 aliphatic heterocycles. The van der Waals surface area contributed by atoms with Crippen LogP contribution in [0.15, 0.2) is 54.6 Å². The van der Waals surface area contributed by atoms with Gasteiger partial charge in [0.2, 0.25) is 0 Å². The van der Waals surface area contributed by atoms with Crippen molar-refractivity contribution in [2.45, 2.75) is 19.6 Å². The molecule has 3 N–H and O–H groups in total. The topological polar surface area (TPSA) is 64.3 Å². The third kappa shape index (κ3) is 6.25. The van der Waals surface area contributed by atoms with Crippen LogP contribution in [-0.2, 0) is 17.9 Å². The van der Waals surface area contributed by atoms with E-state index in [1.54, 1.807) is 0 Å². The van der Waals surface area contributed by atoms with Crippen molar-refractivity contribution < 1.29 is 9.53 Å². The van der Waals surface area contributed by atoms with Crippen LogP contribution in [0.1, 0.15) is 23.1 Å². The molecule has 0 bridgehead atoms. The van der Waals surface area contributed by atoms with Gasteiger partial charge in [0.25, 0.3) is 0 Å². The summed E-state index contributed by atoms with van der Waals surface area (Å²) in [6, 6.07) is 17.4. The number of benzene rings is 2. The summed E-state index contributed by atoms with van der Waals surface area (Å²) < 4.78 is 5.11. The maximum absolute atomic E-state index is 11.5. The van der Waals surface area contributed by atoms with Gasteiger partial charge in [0.15, 0.2) is 0 Å². The molecular formula is C19H20N2O2. The Hall–Kier alpha value is -2.77. The molecule has 23 heavy (non-hydrogen) atoms. The van der Waals surface area contributed by atoms with E-state index in [0.29, 0.717) is 19.5 Å². The van der Waals surface area contributed by atoms with Crippen LogP contribution < -0.4 is 11.1 Å². The van der Waals surface area contributed by atoms with Crippen molar-refractivity contribution in [1.82, 2.24) is 5.32 Å². The fraction of sp³-hybridized carbons (Fsp3) is 0.211. The maximum Gasteiger partial charge on any atom is 0.407 e. The van der Waals surface area contributed by atoms with E-state index in [4.69, 9.17) is 10.5 Å². The highest BCUT2D eigenvalue weighted by Crippen LogP contribution is 2.02. The molecule has 0 atom stereocenters. The molecule has 118 valence electrons. The molecule has 0 aliphatic carbocycles. The number of nitrogens with one attached hydrogen (secondary N) is 1. The van der Waals surface area contributed by atoms with E-state index >= 15 is 0 Å². The van der Waals surface area contributed by atoms with Crippen LogP contribution in [0.5, 0.6) is 0 Å². The third-order valence-corrected chi connectivity index (χ3v) is 3.15. The molecule has 2 aromatic carbocycles. The van der Waals surface area contributed by atoms with Gasteiger partial charge in [-0.05, 0) is 23.3 Å². The first-order chi connectivity index (χ1) is 11.3. The standard InChI is InChI=1S/C19H20N2O2/c20-14-17-11-9-16(10-12-17)6-4-5-13-21-19(22)23-15-18-7-2-1-3-8-18/h1-3,7-12H,5,13-15,20H2,(H,21,22). The quantitative estimate of drug-likeness (QED) is 0.659. The number of alkyl carbamates (subject to hydrolysis) is 1. The predicted octanol–water partition coefficient (Wildman–Crippen LogP) is 2.81. The summed E-state index contributed by atoms with van der Waals surface area (Å²) >= 11 is 0. The molecule has 0 saturated carbocycles. The Bertz CT molecular complexity index is 670. The van der Waals surface area contributed by atoms with Gasteiger partial charge in [0, 0.05) is 25.1 Å². The van der Waals surface area contributed by atoms with Crippen molar-refractivity contribution >= 4 is 6.09 Å². The SMILES string of the molecule is NCc1ccc(C#CCCNC(=O)OCc2ccccc2)cc1. The summed E-state index contributed by atoms with van der Waals surface area (Å²) in [5, 5.41) is 2.68. The number of ether oxygens (including phenoxy) is 1. The summed E-state index contributed by atoms with van der Waals surface area (Å²) in [5.74, 6) is 6.06. The van der Waals surface area contributed by atoms with E-state index in [2.05, 4.69) is 17.2 Å². The molecule has 4 nitrogen and oxygen atoms in total. The monoisotopic (exact) mass is 308 g/mol. The van der Waals surface area contributed by atoms with Crippen LogP contribution >= 0.6 is 0 Å². The van der Waals surface area contributed by atoms with E-state index in [1.807, 2.05) is 54.6 Å². The van der Waals surface area contributed by atoms with E-state index in [1.165, 1.54) is 0 Å². The summed E-state index contributed by atoms with van der Waals surface area (Å²) in [6.45, 7) is 1.26. The predicted molar refractivity (Wildman–Crippen MR) is 90.5 cm³/mol. The molecule has 0 radical (unpaired) electrons. The molecule has 0 unspecified atom stereocenters. The molecular weight excluding hydrogens is 288 g/mol. The number of nitrogens with two attached hydrogens (primary N) is 1. The number of carbonyl (C=O) groups excluding carboxylic acids is 1. The highest BCUT2D eigenvalue weighted by Gasteiger charge is 2.00. The van der Waals surface area contributed by atoms with Crippen molar-refractivity contribution in [3.63, 3.8) is 0 Å². The third-order valence-electron chi connectivity index (χ3n) is 3.15. The number of amides is 1. The summed E-state index contributed by atoms with van der Waals surface area (Å²) in [5.41, 5.74) is 8.52. The van der Waals surface area contributed by atoms with Gasteiger partial charge < -0.3 is 15.8 Å². The highest BCUT2D eigenvalue weighted by atomic mass is 16.5. The normalized spacial score (nSPS) is 9.61. The van der Waals surface area contributed by atoms with Gasteiger partial charge in [-0.3, -0.25) is 0 Å². The molecule has 0 aliphatic rings. The Morgan fingerprint density at radius 2 is 1.78 bits per heavy atom. The first kappa shape index (κ1) is 16.6. The van der Waals surface area contributed by atoms with Crippen molar-refractivity contribution in [1.29, 1.82) is 0 Å². The molecule has 0 heterocycles. The molecule has 0 spiro atoms. The zero-order chi connectivity index (χ0) is 16.3. The molecule has 4 heteroatoms. The fourth-order valence-corrected chi connectivity index (χ4v) is 1.89. The minimum absolute atomic E-state index is 0.270. The molecule has 1 amide bonds.